The molecule has 0 bridgehead atoms. The van der Waals surface area contributed by atoms with Crippen LogP contribution in [-0.4, -0.2) is 25.8 Å². The number of halogens is 2. The molecule has 0 fully saturated rings. The van der Waals surface area contributed by atoms with Gasteiger partial charge in [-0.2, -0.15) is 10.1 Å². The number of carboxylic acid groups (broad SMARTS) is 1. The molecule has 0 aliphatic carbocycles. The van der Waals surface area contributed by atoms with E-state index in [1.165, 1.54) is 27.8 Å². The van der Waals surface area contributed by atoms with Crippen molar-refractivity contribution in [3.63, 3.8) is 0 Å². The molecule has 0 aromatic carbocycles. The zero-order valence-corrected chi connectivity index (χ0v) is 14.5. The summed E-state index contributed by atoms with van der Waals surface area (Å²) in [5.74, 6) is -0.639. The van der Waals surface area contributed by atoms with E-state index in [1.807, 2.05) is 0 Å². The van der Waals surface area contributed by atoms with Crippen molar-refractivity contribution in [1.82, 2.24) is 14.8 Å². The van der Waals surface area contributed by atoms with Crippen LogP contribution in [0.25, 0.3) is 0 Å². The zero-order valence-electron chi connectivity index (χ0n) is 11.4. The van der Waals surface area contributed by atoms with Crippen LogP contribution < -0.4 is 5.56 Å². The molecule has 2 aromatic heterocycles. The minimum atomic E-state index is -1.06. The third kappa shape index (κ3) is 4.22. The van der Waals surface area contributed by atoms with Crippen LogP contribution in [0.5, 0.6) is 0 Å². The second-order valence-corrected chi connectivity index (χ2v) is 7.42. The molecule has 0 radical (unpaired) electrons. The third-order valence-corrected chi connectivity index (χ3v) is 5.19. The number of hydrogen-bond acceptors (Lipinski definition) is 6. The van der Waals surface area contributed by atoms with Gasteiger partial charge in [0.1, 0.15) is 12.2 Å². The molecule has 22 heavy (non-hydrogen) atoms. The number of hydrogen-bond donors (Lipinski definition) is 1. The summed E-state index contributed by atoms with van der Waals surface area (Å²) in [6, 6.07) is 1.73. The first-order chi connectivity index (χ1) is 10.4. The van der Waals surface area contributed by atoms with Crippen molar-refractivity contribution in [3.05, 3.63) is 36.4 Å². The van der Waals surface area contributed by atoms with Crippen LogP contribution in [0, 0.1) is 0 Å². The number of aliphatic carboxylic acids is 1. The van der Waals surface area contributed by atoms with Crippen LogP contribution in [0.4, 0.5) is 0 Å². The molecule has 0 atom stereocenters. The third-order valence-electron chi connectivity index (χ3n) is 2.61. The Morgan fingerprint density at radius 2 is 2.23 bits per heavy atom. The molecular formula is C12H11Cl2N3O3S2. The zero-order chi connectivity index (χ0) is 16.3. The Labute approximate surface area is 144 Å². The average Bonchev–Trinajstić information content (AvgIpc) is 2.76. The molecule has 0 aliphatic heterocycles. The van der Waals surface area contributed by atoms with E-state index >= 15 is 0 Å². The highest BCUT2D eigenvalue weighted by molar-refractivity contribution is 7.98. The Morgan fingerprint density at radius 1 is 1.50 bits per heavy atom. The van der Waals surface area contributed by atoms with Gasteiger partial charge in [0.25, 0.3) is 5.56 Å². The van der Waals surface area contributed by atoms with Gasteiger partial charge in [0.2, 0.25) is 0 Å². The molecule has 10 heteroatoms. The van der Waals surface area contributed by atoms with Crippen molar-refractivity contribution in [2.45, 2.75) is 30.8 Å². The summed E-state index contributed by atoms with van der Waals surface area (Å²) < 4.78 is 2.34. The predicted octanol–water partition coefficient (Wildman–Crippen LogP) is 2.95. The number of aromatic nitrogens is 3. The molecule has 0 saturated heterocycles. The van der Waals surface area contributed by atoms with Gasteiger partial charge in [-0.25, -0.2) is 4.68 Å². The second-order valence-electron chi connectivity index (χ2n) is 4.19. The van der Waals surface area contributed by atoms with E-state index in [-0.39, 0.29) is 17.4 Å². The fourth-order valence-corrected chi connectivity index (χ4v) is 4.19. The van der Waals surface area contributed by atoms with Gasteiger partial charge >= 0.3 is 5.97 Å². The summed E-state index contributed by atoms with van der Waals surface area (Å²) in [5.41, 5.74) is 0.598. The Bertz CT molecular complexity index is 761. The van der Waals surface area contributed by atoms with E-state index in [0.717, 1.165) is 5.56 Å². The molecule has 0 amide bonds. The average molecular weight is 380 g/mol. The minimum absolute atomic E-state index is 0.238. The molecular weight excluding hydrogens is 369 g/mol. The van der Waals surface area contributed by atoms with E-state index in [9.17, 15) is 9.59 Å². The summed E-state index contributed by atoms with van der Waals surface area (Å²) in [7, 11) is 0. The Morgan fingerprint density at radius 3 is 2.77 bits per heavy atom. The summed E-state index contributed by atoms with van der Waals surface area (Å²) >= 11 is 14.4. The number of nitrogens with zero attached hydrogens (tertiary/aromatic N) is 3. The van der Waals surface area contributed by atoms with Crippen LogP contribution in [0.2, 0.25) is 8.67 Å². The smallest absolute Gasteiger partial charge is 0.325 e. The lowest BCUT2D eigenvalue weighted by atomic mass is 10.4. The van der Waals surface area contributed by atoms with E-state index < -0.39 is 11.5 Å². The van der Waals surface area contributed by atoms with Crippen molar-refractivity contribution in [2.75, 3.05) is 0 Å². The lowest BCUT2D eigenvalue weighted by Gasteiger charge is -2.09. The number of rotatable bonds is 6. The van der Waals surface area contributed by atoms with Crippen molar-refractivity contribution in [1.29, 1.82) is 0 Å². The first-order valence-electron chi connectivity index (χ1n) is 6.17. The number of aryl methyl sites for hydroxylation is 1. The Kier molecular flexibility index (Phi) is 5.85. The van der Waals surface area contributed by atoms with Crippen molar-refractivity contribution in [3.8, 4) is 0 Å². The fourth-order valence-electron chi connectivity index (χ4n) is 1.62. The number of thiophene rings is 1. The van der Waals surface area contributed by atoms with Crippen LogP contribution in [0.3, 0.4) is 0 Å². The predicted molar refractivity (Wildman–Crippen MR) is 87.2 cm³/mol. The topological polar surface area (TPSA) is 85.1 Å². The quantitative estimate of drug-likeness (QED) is 0.776. The van der Waals surface area contributed by atoms with Gasteiger partial charge in [-0.1, -0.05) is 41.9 Å². The highest BCUT2D eigenvalue weighted by Gasteiger charge is 2.14. The van der Waals surface area contributed by atoms with Gasteiger partial charge in [-0.05, 0) is 18.1 Å². The minimum Gasteiger partial charge on any atom is -0.480 e. The molecule has 2 aromatic rings. The highest BCUT2D eigenvalue weighted by Crippen LogP contribution is 2.34. The highest BCUT2D eigenvalue weighted by atomic mass is 35.5. The van der Waals surface area contributed by atoms with E-state index in [1.54, 1.807) is 13.0 Å². The Hall–Kier alpha value is -1.09. The molecule has 0 saturated carbocycles. The molecule has 0 aliphatic rings. The summed E-state index contributed by atoms with van der Waals surface area (Å²) in [5, 5.41) is 13.2. The normalized spacial score (nSPS) is 10.9. The first kappa shape index (κ1) is 17.3. The monoisotopic (exact) mass is 379 g/mol. The maximum Gasteiger partial charge on any atom is 0.325 e. The van der Waals surface area contributed by atoms with Gasteiger partial charge in [0, 0.05) is 5.75 Å². The summed E-state index contributed by atoms with van der Waals surface area (Å²) in [6.45, 7) is 1.40. The molecule has 1 N–H and O–H groups in total. The van der Waals surface area contributed by atoms with Crippen LogP contribution in [0.15, 0.2) is 16.0 Å². The number of carboxylic acids is 1. The van der Waals surface area contributed by atoms with Gasteiger partial charge < -0.3 is 5.11 Å². The number of thioether (sulfide) groups is 1. The van der Waals surface area contributed by atoms with Gasteiger partial charge in [0.15, 0.2) is 5.16 Å². The van der Waals surface area contributed by atoms with Gasteiger partial charge in [-0.3, -0.25) is 9.59 Å². The SMILES string of the molecule is CCc1nn(CC(=O)O)c(SCc2cc(Cl)sc2Cl)nc1=O. The molecule has 6 nitrogen and oxygen atoms in total. The summed E-state index contributed by atoms with van der Waals surface area (Å²) in [6.07, 6.45) is 0.391. The fraction of sp³-hybridized carbons (Fsp3) is 0.333. The van der Waals surface area contributed by atoms with Crippen LogP contribution >= 0.6 is 46.3 Å². The standard InChI is InChI=1S/C12H11Cl2N3O3S2/c1-2-7-11(20)15-12(17(16-7)4-9(18)19)21-5-6-3-8(13)22-10(6)14/h3H,2,4-5H2,1H3,(H,18,19). The molecule has 0 unspecified atom stereocenters. The van der Waals surface area contributed by atoms with E-state index in [4.69, 9.17) is 28.3 Å². The van der Waals surface area contributed by atoms with Gasteiger partial charge in [0.05, 0.1) is 8.67 Å². The first-order valence-corrected chi connectivity index (χ1v) is 8.72. The lowest BCUT2D eigenvalue weighted by Crippen LogP contribution is -2.25. The molecule has 2 rings (SSSR count). The van der Waals surface area contributed by atoms with Crippen LogP contribution in [-0.2, 0) is 23.5 Å². The maximum absolute atomic E-state index is 11.8. The van der Waals surface area contributed by atoms with E-state index in [2.05, 4.69) is 10.1 Å². The van der Waals surface area contributed by atoms with Crippen molar-refractivity contribution < 1.29 is 9.90 Å². The number of carbonyl (C=O) groups is 1. The molecule has 118 valence electrons. The maximum atomic E-state index is 11.8. The van der Waals surface area contributed by atoms with Crippen molar-refractivity contribution >= 4 is 52.3 Å². The summed E-state index contributed by atoms with van der Waals surface area (Å²) in [4.78, 5) is 26.6. The van der Waals surface area contributed by atoms with Crippen molar-refractivity contribution in [2.24, 2.45) is 0 Å². The Balaban J connectivity index is 2.28. The van der Waals surface area contributed by atoms with E-state index in [0.29, 0.717) is 20.8 Å². The molecule has 0 spiro atoms. The lowest BCUT2D eigenvalue weighted by molar-refractivity contribution is -0.138. The van der Waals surface area contributed by atoms with Gasteiger partial charge in [-0.15, -0.1) is 11.3 Å². The molecule has 2 heterocycles. The van der Waals surface area contributed by atoms with Crippen LogP contribution in [0.1, 0.15) is 18.2 Å². The largest absolute Gasteiger partial charge is 0.480 e. The second kappa shape index (κ2) is 7.45.